The second-order valence-electron chi connectivity index (χ2n) is 3.81. The molecule has 0 amide bonds. The Morgan fingerprint density at radius 3 is 2.22 bits per heavy atom. The predicted molar refractivity (Wildman–Crippen MR) is 76.2 cm³/mol. The van der Waals surface area contributed by atoms with Gasteiger partial charge in [0.2, 0.25) is 6.79 Å². The lowest BCUT2D eigenvalue weighted by Crippen LogP contribution is -1.92. The SMILES string of the molecule is c1ccc2c(c1)CSS2.c1ccc2c(c1)OCO2. The van der Waals surface area contributed by atoms with Gasteiger partial charge in [-0.25, -0.2) is 0 Å². The summed E-state index contributed by atoms with van der Waals surface area (Å²) in [4.78, 5) is 1.45. The molecule has 0 aromatic heterocycles. The maximum Gasteiger partial charge on any atom is 0.231 e. The summed E-state index contributed by atoms with van der Waals surface area (Å²) in [6, 6.07) is 16.2. The van der Waals surface area contributed by atoms with Crippen LogP contribution in [0.3, 0.4) is 0 Å². The average molecular weight is 276 g/mol. The van der Waals surface area contributed by atoms with Crippen LogP contribution in [-0.2, 0) is 5.75 Å². The minimum absolute atomic E-state index is 0.360. The predicted octanol–water partition coefficient (Wildman–Crippen LogP) is 4.36. The molecule has 18 heavy (non-hydrogen) atoms. The minimum Gasteiger partial charge on any atom is -0.454 e. The molecule has 2 aromatic rings. The van der Waals surface area contributed by atoms with E-state index in [2.05, 4.69) is 24.3 Å². The normalized spacial score (nSPS) is 14.7. The van der Waals surface area contributed by atoms with Crippen LogP contribution in [0.4, 0.5) is 0 Å². The third-order valence-electron chi connectivity index (χ3n) is 2.61. The summed E-state index contributed by atoms with van der Waals surface area (Å²) < 4.78 is 10.2. The first kappa shape index (κ1) is 11.8. The van der Waals surface area contributed by atoms with Gasteiger partial charge in [0.05, 0.1) is 0 Å². The van der Waals surface area contributed by atoms with Crippen LogP contribution in [0.5, 0.6) is 11.5 Å². The maximum absolute atomic E-state index is 5.08. The molecule has 0 bridgehead atoms. The fourth-order valence-electron chi connectivity index (χ4n) is 1.71. The first-order valence-electron chi connectivity index (χ1n) is 5.65. The largest absolute Gasteiger partial charge is 0.454 e. The van der Waals surface area contributed by atoms with Gasteiger partial charge in [-0.15, -0.1) is 0 Å². The average Bonchev–Trinajstić information content (AvgIpc) is 3.08. The quantitative estimate of drug-likeness (QED) is 0.665. The highest BCUT2D eigenvalue weighted by molar-refractivity contribution is 8.76. The van der Waals surface area contributed by atoms with Gasteiger partial charge in [-0.2, -0.15) is 0 Å². The summed E-state index contributed by atoms with van der Waals surface area (Å²) in [7, 11) is 3.80. The highest BCUT2D eigenvalue weighted by atomic mass is 33.1. The van der Waals surface area contributed by atoms with E-state index in [-0.39, 0.29) is 0 Å². The molecule has 2 aliphatic rings. The second kappa shape index (κ2) is 5.59. The van der Waals surface area contributed by atoms with Crippen molar-refractivity contribution in [1.29, 1.82) is 0 Å². The number of fused-ring (bicyclic) bond motifs is 2. The fourth-order valence-corrected chi connectivity index (χ4v) is 4.17. The molecule has 0 unspecified atom stereocenters. The van der Waals surface area contributed by atoms with Crippen LogP contribution >= 0.6 is 21.6 Å². The number of para-hydroxylation sites is 2. The van der Waals surface area contributed by atoms with Gasteiger partial charge in [0.1, 0.15) is 0 Å². The first-order valence-corrected chi connectivity index (χ1v) is 7.97. The van der Waals surface area contributed by atoms with Crippen LogP contribution in [0, 0.1) is 0 Å². The Kier molecular flexibility index (Phi) is 3.67. The highest BCUT2D eigenvalue weighted by Gasteiger charge is 2.10. The maximum atomic E-state index is 5.08. The zero-order valence-corrected chi connectivity index (χ0v) is 11.3. The van der Waals surface area contributed by atoms with E-state index in [0.717, 1.165) is 11.5 Å². The smallest absolute Gasteiger partial charge is 0.231 e. The Morgan fingerprint density at radius 1 is 0.833 bits per heavy atom. The number of hydrogen-bond donors (Lipinski definition) is 0. The van der Waals surface area contributed by atoms with Crippen molar-refractivity contribution >= 4 is 21.6 Å². The van der Waals surface area contributed by atoms with Crippen molar-refractivity contribution in [3.05, 3.63) is 54.1 Å². The van der Waals surface area contributed by atoms with Crippen molar-refractivity contribution in [2.24, 2.45) is 0 Å². The fraction of sp³-hybridized carbons (Fsp3) is 0.143. The molecule has 0 saturated heterocycles. The molecule has 2 aliphatic heterocycles. The van der Waals surface area contributed by atoms with E-state index < -0.39 is 0 Å². The Bertz CT molecular complexity index is 447. The monoisotopic (exact) mass is 276 g/mol. The summed E-state index contributed by atoms with van der Waals surface area (Å²) in [5.41, 5.74) is 1.49. The van der Waals surface area contributed by atoms with E-state index in [4.69, 9.17) is 9.47 Å². The zero-order chi connectivity index (χ0) is 12.2. The summed E-state index contributed by atoms with van der Waals surface area (Å²) in [5.74, 6) is 2.87. The lowest BCUT2D eigenvalue weighted by Gasteiger charge is -1.90. The third-order valence-corrected chi connectivity index (χ3v) is 4.98. The Labute approximate surface area is 114 Å². The molecule has 0 N–H and O–H groups in total. The van der Waals surface area contributed by atoms with Crippen LogP contribution in [0.2, 0.25) is 0 Å². The molecular formula is C14H12O2S2. The van der Waals surface area contributed by atoms with Crippen molar-refractivity contribution in [2.75, 3.05) is 6.79 Å². The van der Waals surface area contributed by atoms with Crippen molar-refractivity contribution < 1.29 is 9.47 Å². The van der Waals surface area contributed by atoms with Crippen LogP contribution in [0.25, 0.3) is 0 Å². The molecule has 2 nitrogen and oxygen atoms in total. The standard InChI is InChI=1S/C7H6O2.C7H6S2/c1-2-4-7-6(3-1)8-5-9-7;1-2-4-7-6(3-1)5-8-9-7/h2*1-4H,5H2. The van der Waals surface area contributed by atoms with Gasteiger partial charge in [0.25, 0.3) is 0 Å². The van der Waals surface area contributed by atoms with Crippen LogP contribution in [0.1, 0.15) is 5.56 Å². The molecule has 0 saturated carbocycles. The number of hydrogen-bond acceptors (Lipinski definition) is 4. The van der Waals surface area contributed by atoms with E-state index in [1.807, 2.05) is 45.9 Å². The second-order valence-corrected chi connectivity index (χ2v) is 6.14. The Balaban J connectivity index is 0.000000111. The van der Waals surface area contributed by atoms with E-state index in [1.165, 1.54) is 16.2 Å². The molecule has 0 aliphatic carbocycles. The number of benzene rings is 2. The molecular weight excluding hydrogens is 264 g/mol. The van der Waals surface area contributed by atoms with Gasteiger partial charge in [0.15, 0.2) is 11.5 Å². The van der Waals surface area contributed by atoms with E-state index in [1.54, 1.807) is 0 Å². The topological polar surface area (TPSA) is 18.5 Å². The van der Waals surface area contributed by atoms with E-state index >= 15 is 0 Å². The Hall–Kier alpha value is -1.26. The van der Waals surface area contributed by atoms with E-state index in [9.17, 15) is 0 Å². The summed E-state index contributed by atoms with van der Waals surface area (Å²) >= 11 is 0. The first-order chi connectivity index (χ1) is 8.93. The molecule has 4 heteroatoms. The molecule has 0 atom stereocenters. The van der Waals surface area contributed by atoms with E-state index in [0.29, 0.717) is 6.79 Å². The van der Waals surface area contributed by atoms with Crippen molar-refractivity contribution in [3.63, 3.8) is 0 Å². The minimum atomic E-state index is 0.360. The van der Waals surface area contributed by atoms with Gasteiger partial charge in [-0.3, -0.25) is 0 Å². The van der Waals surface area contributed by atoms with Crippen molar-refractivity contribution in [3.8, 4) is 11.5 Å². The molecule has 0 radical (unpaired) electrons. The number of ether oxygens (including phenoxy) is 2. The molecule has 92 valence electrons. The third kappa shape index (κ3) is 2.60. The number of rotatable bonds is 0. The molecule has 0 fully saturated rings. The molecule has 2 aromatic carbocycles. The Morgan fingerprint density at radius 2 is 1.50 bits per heavy atom. The summed E-state index contributed by atoms with van der Waals surface area (Å²) in [6.07, 6.45) is 0. The van der Waals surface area contributed by atoms with Crippen LogP contribution in [0.15, 0.2) is 53.4 Å². The van der Waals surface area contributed by atoms with Gasteiger partial charge >= 0.3 is 0 Å². The van der Waals surface area contributed by atoms with Gasteiger partial charge < -0.3 is 9.47 Å². The molecule has 2 heterocycles. The summed E-state index contributed by atoms with van der Waals surface area (Å²) in [5, 5.41) is 0. The van der Waals surface area contributed by atoms with Crippen LogP contribution < -0.4 is 9.47 Å². The van der Waals surface area contributed by atoms with Crippen molar-refractivity contribution in [2.45, 2.75) is 10.6 Å². The lowest BCUT2D eigenvalue weighted by molar-refractivity contribution is 0.174. The van der Waals surface area contributed by atoms with Crippen molar-refractivity contribution in [1.82, 2.24) is 0 Å². The molecule has 4 rings (SSSR count). The molecule has 0 spiro atoms. The van der Waals surface area contributed by atoms with Gasteiger partial charge in [-0.05, 0) is 23.8 Å². The van der Waals surface area contributed by atoms with Gasteiger partial charge in [-0.1, -0.05) is 51.9 Å². The lowest BCUT2D eigenvalue weighted by atomic mass is 10.2. The zero-order valence-electron chi connectivity index (χ0n) is 9.67. The highest BCUT2D eigenvalue weighted by Crippen LogP contribution is 2.43. The summed E-state index contributed by atoms with van der Waals surface area (Å²) in [6.45, 7) is 0.360. The van der Waals surface area contributed by atoms with Crippen LogP contribution in [-0.4, -0.2) is 6.79 Å². The van der Waals surface area contributed by atoms with Gasteiger partial charge in [0, 0.05) is 10.6 Å².